The second kappa shape index (κ2) is 10.9. The van der Waals surface area contributed by atoms with Crippen molar-refractivity contribution in [2.75, 3.05) is 13.2 Å². The topological polar surface area (TPSA) is 46.5 Å². The molecule has 0 heterocycles. The highest BCUT2D eigenvalue weighted by Crippen LogP contribution is 2.05. The second-order valence-corrected chi connectivity index (χ2v) is 3.67. The van der Waals surface area contributed by atoms with Crippen LogP contribution in [0, 0.1) is 0 Å². The van der Waals surface area contributed by atoms with Gasteiger partial charge in [-0.05, 0) is 17.5 Å². The summed E-state index contributed by atoms with van der Waals surface area (Å²) in [5, 5.41) is 8.87. The highest BCUT2D eigenvalue weighted by Gasteiger charge is 1.98. The van der Waals surface area contributed by atoms with Crippen molar-refractivity contribution in [1.29, 1.82) is 0 Å². The highest BCUT2D eigenvalue weighted by molar-refractivity contribution is 5.79. The van der Waals surface area contributed by atoms with Crippen molar-refractivity contribution < 1.29 is 14.6 Å². The summed E-state index contributed by atoms with van der Waals surface area (Å²) in [7, 11) is 0. The van der Waals surface area contributed by atoms with Crippen molar-refractivity contribution in [3.8, 4) is 0 Å². The van der Waals surface area contributed by atoms with Crippen molar-refractivity contribution in [2.24, 2.45) is 0 Å². The van der Waals surface area contributed by atoms with Gasteiger partial charge in [0.15, 0.2) is 5.78 Å². The molecule has 1 rings (SSSR count). The molecule has 18 heavy (non-hydrogen) atoms. The fourth-order valence-electron chi connectivity index (χ4n) is 1.29. The molecule has 0 spiro atoms. The zero-order chi connectivity index (χ0) is 13.8. The smallest absolute Gasteiger partial charge is 0.158 e. The second-order valence-electron chi connectivity index (χ2n) is 3.67. The predicted octanol–water partition coefficient (Wildman–Crippen LogP) is 2.74. The number of aliphatic hydroxyl groups is 1. The fraction of sp³-hybridized carbons (Fsp3) is 0.533. The van der Waals surface area contributed by atoms with Gasteiger partial charge in [0.2, 0.25) is 0 Å². The van der Waals surface area contributed by atoms with Gasteiger partial charge < -0.3 is 9.84 Å². The molecule has 1 aromatic carbocycles. The molecule has 0 atom stereocenters. The molecule has 0 aliphatic heterocycles. The van der Waals surface area contributed by atoms with E-state index in [2.05, 4.69) is 0 Å². The maximum absolute atomic E-state index is 11.0. The van der Waals surface area contributed by atoms with Crippen LogP contribution in [0.2, 0.25) is 0 Å². The van der Waals surface area contributed by atoms with Gasteiger partial charge in [-0.2, -0.15) is 0 Å². The number of ketones is 1. The summed E-state index contributed by atoms with van der Waals surface area (Å²) in [5.41, 5.74) is 2.06. The molecule has 0 aromatic heterocycles. The first-order valence-corrected chi connectivity index (χ1v) is 6.54. The number of carbonyl (C=O) groups is 1. The lowest BCUT2D eigenvalue weighted by Crippen LogP contribution is -2.09. The normalized spacial score (nSPS) is 9.56. The molecule has 0 bridgehead atoms. The van der Waals surface area contributed by atoms with Gasteiger partial charge in [-0.25, -0.2) is 0 Å². The molecule has 0 fully saturated rings. The van der Waals surface area contributed by atoms with Crippen LogP contribution in [-0.2, 0) is 22.6 Å². The number of aliphatic hydroxyl groups excluding tert-OH is 1. The number of hydrogen-bond acceptors (Lipinski definition) is 3. The van der Waals surface area contributed by atoms with Gasteiger partial charge >= 0.3 is 0 Å². The van der Waals surface area contributed by atoms with E-state index in [1.54, 1.807) is 0 Å². The van der Waals surface area contributed by atoms with Crippen molar-refractivity contribution in [2.45, 2.75) is 40.2 Å². The standard InChI is InChI=1S/C13H18O3.C2H6/c1-2-13(15)10-16-8-7-11-3-5-12(9-14)6-4-11;1-2/h3-6,14H,2,7-10H2,1H3;1-2H3. The van der Waals surface area contributed by atoms with Gasteiger partial charge in [0, 0.05) is 6.42 Å². The zero-order valence-corrected chi connectivity index (χ0v) is 11.6. The minimum absolute atomic E-state index is 0.0712. The van der Waals surface area contributed by atoms with Crippen LogP contribution in [0.3, 0.4) is 0 Å². The molecule has 0 radical (unpaired) electrons. The van der Waals surface area contributed by atoms with E-state index < -0.39 is 0 Å². The molecule has 0 aliphatic carbocycles. The largest absolute Gasteiger partial charge is 0.392 e. The van der Waals surface area contributed by atoms with Gasteiger partial charge in [0.05, 0.1) is 13.2 Å². The number of carbonyl (C=O) groups excluding carboxylic acids is 1. The van der Waals surface area contributed by atoms with Crippen molar-refractivity contribution >= 4 is 5.78 Å². The monoisotopic (exact) mass is 252 g/mol. The molecular formula is C15H24O3. The zero-order valence-electron chi connectivity index (χ0n) is 11.6. The number of rotatable bonds is 7. The highest BCUT2D eigenvalue weighted by atomic mass is 16.5. The third kappa shape index (κ3) is 7.20. The Balaban J connectivity index is 0.00000137. The van der Waals surface area contributed by atoms with E-state index in [-0.39, 0.29) is 19.0 Å². The molecule has 3 nitrogen and oxygen atoms in total. The Kier molecular flexibility index (Phi) is 10.2. The van der Waals surface area contributed by atoms with Crippen LogP contribution in [0.25, 0.3) is 0 Å². The van der Waals surface area contributed by atoms with Gasteiger partial charge in [-0.3, -0.25) is 4.79 Å². The molecule has 0 aliphatic rings. The van der Waals surface area contributed by atoms with Crippen molar-refractivity contribution in [1.82, 2.24) is 0 Å². The van der Waals surface area contributed by atoms with Crippen LogP contribution in [0.15, 0.2) is 24.3 Å². The van der Waals surface area contributed by atoms with E-state index in [1.165, 1.54) is 0 Å². The molecule has 3 heteroatoms. The number of Topliss-reactive ketones (excluding diaryl/α,β-unsaturated/α-hetero) is 1. The minimum atomic E-state index is 0.0712. The number of benzene rings is 1. The van der Waals surface area contributed by atoms with Gasteiger partial charge in [-0.15, -0.1) is 0 Å². The Hall–Kier alpha value is -1.19. The molecule has 1 aromatic rings. The first-order valence-electron chi connectivity index (χ1n) is 6.54. The fourth-order valence-corrected chi connectivity index (χ4v) is 1.29. The van der Waals surface area contributed by atoms with Crippen LogP contribution in [0.4, 0.5) is 0 Å². The number of ether oxygens (including phenoxy) is 1. The predicted molar refractivity (Wildman–Crippen MR) is 73.5 cm³/mol. The van der Waals surface area contributed by atoms with Gasteiger partial charge in [-0.1, -0.05) is 45.0 Å². The van der Waals surface area contributed by atoms with Crippen LogP contribution >= 0.6 is 0 Å². The lowest BCUT2D eigenvalue weighted by Gasteiger charge is -2.04. The number of hydrogen-bond donors (Lipinski definition) is 1. The Bertz CT molecular complexity index is 317. The van der Waals surface area contributed by atoms with E-state index >= 15 is 0 Å². The Morgan fingerprint density at radius 2 is 1.72 bits per heavy atom. The first kappa shape index (κ1) is 16.8. The molecule has 0 saturated carbocycles. The van der Waals surface area contributed by atoms with Gasteiger partial charge in [0.25, 0.3) is 0 Å². The van der Waals surface area contributed by atoms with Crippen LogP contribution in [0.1, 0.15) is 38.3 Å². The lowest BCUT2D eigenvalue weighted by molar-refractivity contribution is -0.123. The summed E-state index contributed by atoms with van der Waals surface area (Å²) in [6, 6.07) is 7.73. The van der Waals surface area contributed by atoms with E-state index in [0.29, 0.717) is 13.0 Å². The quantitative estimate of drug-likeness (QED) is 0.759. The molecule has 0 amide bonds. The Morgan fingerprint density at radius 3 is 2.22 bits per heavy atom. The van der Waals surface area contributed by atoms with Gasteiger partial charge in [0.1, 0.15) is 6.61 Å². The minimum Gasteiger partial charge on any atom is -0.392 e. The van der Waals surface area contributed by atoms with Crippen molar-refractivity contribution in [3.05, 3.63) is 35.4 Å². The maximum Gasteiger partial charge on any atom is 0.158 e. The summed E-state index contributed by atoms with van der Waals surface area (Å²) in [6.45, 7) is 6.68. The third-order valence-electron chi connectivity index (χ3n) is 2.40. The van der Waals surface area contributed by atoms with E-state index in [9.17, 15) is 4.79 Å². The molecule has 102 valence electrons. The Morgan fingerprint density at radius 1 is 1.17 bits per heavy atom. The van der Waals surface area contributed by atoms with Crippen LogP contribution < -0.4 is 0 Å². The Labute approximate surface area is 110 Å². The SMILES string of the molecule is CC.CCC(=O)COCCc1ccc(CO)cc1. The van der Waals surface area contributed by atoms with Crippen molar-refractivity contribution in [3.63, 3.8) is 0 Å². The lowest BCUT2D eigenvalue weighted by atomic mass is 10.1. The summed E-state index contributed by atoms with van der Waals surface area (Å²) in [6.07, 6.45) is 1.33. The summed E-state index contributed by atoms with van der Waals surface area (Å²) in [4.78, 5) is 11.0. The summed E-state index contributed by atoms with van der Waals surface area (Å²) in [5.74, 6) is 0.135. The third-order valence-corrected chi connectivity index (χ3v) is 2.40. The first-order chi connectivity index (χ1) is 8.76. The van der Waals surface area contributed by atoms with Crippen LogP contribution in [-0.4, -0.2) is 24.1 Å². The van der Waals surface area contributed by atoms with E-state index in [4.69, 9.17) is 9.84 Å². The molecule has 0 saturated heterocycles. The van der Waals surface area contributed by atoms with E-state index in [1.807, 2.05) is 45.0 Å². The maximum atomic E-state index is 11.0. The molecule has 0 unspecified atom stereocenters. The molecule has 1 N–H and O–H groups in total. The van der Waals surface area contributed by atoms with Crippen LogP contribution in [0.5, 0.6) is 0 Å². The molecular weight excluding hydrogens is 228 g/mol. The average molecular weight is 252 g/mol. The van der Waals surface area contributed by atoms with E-state index in [0.717, 1.165) is 17.5 Å². The summed E-state index contributed by atoms with van der Waals surface area (Å²) < 4.78 is 5.25. The average Bonchev–Trinajstić information content (AvgIpc) is 2.46. The summed E-state index contributed by atoms with van der Waals surface area (Å²) >= 11 is 0.